The lowest BCUT2D eigenvalue weighted by Gasteiger charge is -2.31. The third-order valence-corrected chi connectivity index (χ3v) is 9.56. The number of rotatable bonds is 40. The number of likely N-dealkylation sites (N-methyl/N-ethyl adjacent to an activating group) is 1. The number of hydrogen-bond donors (Lipinski definition) is 1. The Kier molecular flexibility index (Phi) is 40.9. The maximum atomic E-state index is 12.7. The standard InChI is InChI=1S/C55H85NO7/c1-6-8-10-12-14-16-18-20-22-24-26-28-29-31-33-35-37-39-41-43-45-53(57)62-50-51(49-61-48-47-52(55(59)60)56(3,4)5)63-54(58)46-44-42-40-38-36-34-32-30-27-25-23-21-19-17-15-13-11-9-7-2/h8-11,14-17,20-23,26-28,30-31,33-34,36,40,42,51-52H,6-7,12-13,18-19,24-25,29,32,35,37-39,41,43-50H2,1-5H3/p+1/b10-8+,11-9+,16-14+,17-15+,22-20+,23-21+,28-26+,30-27+,33-31+,36-34+,42-40+. The number of carboxylic acid groups (broad SMARTS) is 1. The van der Waals surface area contributed by atoms with Gasteiger partial charge in [0.2, 0.25) is 0 Å². The number of carboxylic acids is 1. The molecule has 0 aliphatic rings. The van der Waals surface area contributed by atoms with Crippen LogP contribution in [0.5, 0.6) is 0 Å². The second-order valence-corrected chi connectivity index (χ2v) is 16.2. The average Bonchev–Trinajstić information content (AvgIpc) is 3.24. The van der Waals surface area contributed by atoms with Crippen molar-refractivity contribution in [1.82, 2.24) is 0 Å². The molecule has 2 atom stereocenters. The van der Waals surface area contributed by atoms with Crippen LogP contribution in [0.2, 0.25) is 0 Å². The molecule has 0 fully saturated rings. The number of ether oxygens (including phenoxy) is 3. The molecule has 0 aromatic rings. The summed E-state index contributed by atoms with van der Waals surface area (Å²) in [5, 5.41) is 9.64. The molecule has 0 saturated carbocycles. The first-order valence-electron chi connectivity index (χ1n) is 23.7. The third kappa shape index (κ3) is 42.5. The summed E-state index contributed by atoms with van der Waals surface area (Å²) in [6, 6.07) is -0.641. The van der Waals surface area contributed by atoms with Gasteiger partial charge in [0.25, 0.3) is 0 Å². The summed E-state index contributed by atoms with van der Waals surface area (Å²) in [5.74, 6) is -1.63. The van der Waals surface area contributed by atoms with Gasteiger partial charge in [-0.2, -0.15) is 0 Å². The van der Waals surface area contributed by atoms with Gasteiger partial charge in [-0.15, -0.1) is 0 Å². The highest BCUT2D eigenvalue weighted by Gasteiger charge is 2.31. The van der Waals surface area contributed by atoms with Gasteiger partial charge in [0.05, 0.1) is 34.4 Å². The first-order valence-corrected chi connectivity index (χ1v) is 23.7. The highest BCUT2D eigenvalue weighted by molar-refractivity contribution is 5.72. The number of esters is 2. The number of carbonyl (C=O) groups excluding carboxylic acids is 2. The quantitative estimate of drug-likeness (QED) is 0.0283. The summed E-state index contributed by atoms with van der Waals surface area (Å²) in [6.45, 7) is 4.37. The molecule has 0 spiro atoms. The molecule has 352 valence electrons. The average molecular weight is 873 g/mol. The van der Waals surface area contributed by atoms with Crippen molar-refractivity contribution in [2.75, 3.05) is 41.0 Å². The Hall–Kier alpha value is -4.53. The summed E-state index contributed by atoms with van der Waals surface area (Å²) < 4.78 is 17.2. The van der Waals surface area contributed by atoms with Gasteiger partial charge in [-0.25, -0.2) is 4.79 Å². The van der Waals surface area contributed by atoms with Gasteiger partial charge in [-0.3, -0.25) is 9.59 Å². The van der Waals surface area contributed by atoms with Crippen LogP contribution in [-0.2, 0) is 28.6 Å². The summed E-state index contributed by atoms with van der Waals surface area (Å²) in [5.41, 5.74) is 0. The molecule has 0 amide bonds. The maximum Gasteiger partial charge on any atom is 0.362 e. The number of unbranched alkanes of at least 4 members (excludes halogenated alkanes) is 4. The van der Waals surface area contributed by atoms with Crippen molar-refractivity contribution in [3.63, 3.8) is 0 Å². The molecule has 2 unspecified atom stereocenters. The normalized spacial score (nSPS) is 14.1. The van der Waals surface area contributed by atoms with E-state index in [2.05, 4.69) is 135 Å². The topological polar surface area (TPSA) is 99.1 Å². The van der Waals surface area contributed by atoms with E-state index >= 15 is 0 Å². The van der Waals surface area contributed by atoms with Gasteiger partial charge < -0.3 is 23.8 Å². The Morgan fingerprint density at radius 1 is 0.476 bits per heavy atom. The zero-order chi connectivity index (χ0) is 46.3. The van der Waals surface area contributed by atoms with Gasteiger partial charge >= 0.3 is 17.9 Å². The van der Waals surface area contributed by atoms with E-state index in [-0.39, 0.29) is 36.7 Å². The molecule has 0 aromatic carbocycles. The van der Waals surface area contributed by atoms with Crippen molar-refractivity contribution in [3.8, 4) is 0 Å². The predicted molar refractivity (Wildman–Crippen MR) is 265 cm³/mol. The number of hydrogen-bond acceptors (Lipinski definition) is 6. The zero-order valence-corrected chi connectivity index (χ0v) is 40.0. The summed E-state index contributed by atoms with van der Waals surface area (Å²) in [7, 11) is 5.48. The zero-order valence-electron chi connectivity index (χ0n) is 40.0. The van der Waals surface area contributed by atoms with Crippen LogP contribution in [0.1, 0.15) is 142 Å². The highest BCUT2D eigenvalue weighted by Crippen LogP contribution is 2.11. The van der Waals surface area contributed by atoms with E-state index in [4.69, 9.17) is 14.2 Å². The van der Waals surface area contributed by atoms with Crippen LogP contribution in [0.15, 0.2) is 134 Å². The first-order chi connectivity index (χ1) is 30.6. The Balaban J connectivity index is 4.51. The van der Waals surface area contributed by atoms with Crippen molar-refractivity contribution < 1.29 is 38.2 Å². The van der Waals surface area contributed by atoms with Gasteiger partial charge in [0.1, 0.15) is 6.61 Å². The molecule has 0 saturated heterocycles. The Morgan fingerprint density at radius 3 is 1.29 bits per heavy atom. The van der Waals surface area contributed by atoms with Crippen LogP contribution in [0.3, 0.4) is 0 Å². The molecule has 0 bridgehead atoms. The Bertz CT molecular complexity index is 1480. The predicted octanol–water partition coefficient (Wildman–Crippen LogP) is 13.6. The minimum absolute atomic E-state index is 0.0121. The number of nitrogens with zero attached hydrogens (tertiary/aromatic N) is 1. The van der Waals surface area contributed by atoms with E-state index in [1.165, 1.54) is 0 Å². The molecule has 63 heavy (non-hydrogen) atoms. The minimum atomic E-state index is -0.897. The lowest BCUT2D eigenvalue weighted by molar-refractivity contribution is -0.887. The number of quaternary nitrogens is 1. The van der Waals surface area contributed by atoms with Crippen LogP contribution >= 0.6 is 0 Å². The van der Waals surface area contributed by atoms with Gasteiger partial charge in [0.15, 0.2) is 12.1 Å². The molecule has 0 aromatic heterocycles. The molecule has 0 aliphatic heterocycles. The Labute approximate surface area is 383 Å². The van der Waals surface area contributed by atoms with Gasteiger partial charge in [-0.1, -0.05) is 160 Å². The summed E-state index contributed by atoms with van der Waals surface area (Å²) in [6.07, 6.45) is 63.7. The molecule has 0 heterocycles. The van der Waals surface area contributed by atoms with E-state index in [1.54, 1.807) is 0 Å². The second-order valence-electron chi connectivity index (χ2n) is 16.2. The monoisotopic (exact) mass is 873 g/mol. The fourth-order valence-electron chi connectivity index (χ4n) is 5.97. The van der Waals surface area contributed by atoms with E-state index in [0.717, 1.165) is 103 Å². The maximum absolute atomic E-state index is 12.7. The van der Waals surface area contributed by atoms with Crippen LogP contribution in [0.25, 0.3) is 0 Å². The summed E-state index contributed by atoms with van der Waals surface area (Å²) >= 11 is 0. The van der Waals surface area contributed by atoms with Gasteiger partial charge in [-0.05, 0) is 96.3 Å². The van der Waals surface area contributed by atoms with Crippen LogP contribution in [0, 0.1) is 0 Å². The second kappa shape index (κ2) is 44.1. The lowest BCUT2D eigenvalue weighted by Crippen LogP contribution is -2.50. The van der Waals surface area contributed by atoms with Crippen LogP contribution in [-0.4, -0.2) is 80.6 Å². The van der Waals surface area contributed by atoms with Crippen molar-refractivity contribution in [2.24, 2.45) is 0 Å². The highest BCUT2D eigenvalue weighted by atomic mass is 16.6. The fraction of sp³-hybridized carbons (Fsp3) is 0.545. The van der Waals surface area contributed by atoms with Crippen LogP contribution in [0.4, 0.5) is 0 Å². The van der Waals surface area contributed by atoms with E-state index in [0.29, 0.717) is 19.3 Å². The lowest BCUT2D eigenvalue weighted by atomic mass is 10.1. The SMILES string of the molecule is CC/C=C/C/C=C/C/C=C/C/C=C/C/C=C/C/C=C/CCC(=O)OC(COCCC(C(=O)O)[N+](C)(C)C)COC(=O)CCCCCC/C=C/C/C=C/C/C=C/C/C=C/C/C=C/CC. The fourth-order valence-corrected chi connectivity index (χ4v) is 5.97. The molecule has 0 rings (SSSR count). The molecule has 0 aliphatic carbocycles. The molecule has 8 nitrogen and oxygen atoms in total. The minimum Gasteiger partial charge on any atom is -0.477 e. The third-order valence-electron chi connectivity index (χ3n) is 9.56. The largest absolute Gasteiger partial charge is 0.477 e. The van der Waals surface area contributed by atoms with E-state index in [9.17, 15) is 19.5 Å². The van der Waals surface area contributed by atoms with Gasteiger partial charge in [0, 0.05) is 19.3 Å². The molecule has 0 radical (unpaired) electrons. The summed E-state index contributed by atoms with van der Waals surface area (Å²) in [4.78, 5) is 37.1. The van der Waals surface area contributed by atoms with Crippen LogP contribution < -0.4 is 0 Å². The first kappa shape index (κ1) is 58.5. The molecule has 8 heteroatoms. The van der Waals surface area contributed by atoms with Crippen molar-refractivity contribution in [2.45, 2.75) is 154 Å². The Morgan fingerprint density at radius 2 is 0.873 bits per heavy atom. The van der Waals surface area contributed by atoms with E-state index < -0.39 is 24.1 Å². The molecule has 1 N–H and O–H groups in total. The van der Waals surface area contributed by atoms with E-state index in [1.807, 2.05) is 33.3 Å². The number of aliphatic carboxylic acids is 1. The smallest absolute Gasteiger partial charge is 0.362 e. The number of carbonyl (C=O) groups is 3. The molecular weight excluding hydrogens is 787 g/mol. The molecular formula is C55H86NO7+. The van der Waals surface area contributed by atoms with Crippen molar-refractivity contribution in [3.05, 3.63) is 134 Å². The number of allylic oxidation sites excluding steroid dienone is 22. The van der Waals surface area contributed by atoms with Crippen molar-refractivity contribution >= 4 is 17.9 Å². The van der Waals surface area contributed by atoms with Crippen molar-refractivity contribution in [1.29, 1.82) is 0 Å².